The Balaban J connectivity index is 0.00000158. The first-order valence-electron chi connectivity index (χ1n) is 10.4. The lowest BCUT2D eigenvalue weighted by molar-refractivity contribution is -0.00754. The minimum atomic E-state index is -2.91. The van der Waals surface area contributed by atoms with Crippen LogP contribution in [0.5, 0.6) is 5.88 Å². The van der Waals surface area contributed by atoms with Gasteiger partial charge in [0, 0.05) is 17.3 Å². The average Bonchev–Trinajstić information content (AvgIpc) is 3.48. The van der Waals surface area contributed by atoms with Gasteiger partial charge in [0.15, 0.2) is 0 Å². The summed E-state index contributed by atoms with van der Waals surface area (Å²) < 4.78 is 36.6. The van der Waals surface area contributed by atoms with E-state index in [1.807, 2.05) is 13.8 Å². The number of methoxy groups -OCH3 is 1. The number of alkyl halides is 2. The number of fused-ring (bicyclic) bond motifs is 1. The number of aliphatic hydroxyl groups is 1. The molecule has 0 bridgehead atoms. The van der Waals surface area contributed by atoms with Gasteiger partial charge in [0.05, 0.1) is 19.7 Å². The monoisotopic (exact) mass is 474 g/mol. The number of imidazole rings is 1. The Morgan fingerprint density at radius 2 is 2.03 bits per heavy atom. The van der Waals surface area contributed by atoms with Crippen LogP contribution in [0.4, 0.5) is 14.5 Å². The second-order valence-electron chi connectivity index (χ2n) is 6.90. The van der Waals surface area contributed by atoms with E-state index in [0.29, 0.717) is 22.8 Å². The maximum absolute atomic E-state index is 12.9. The second-order valence-corrected chi connectivity index (χ2v) is 6.90. The first kappa shape index (κ1) is 24.7. The Labute approximate surface area is 193 Å². The molecule has 0 aliphatic heterocycles. The number of nitrogens with zero attached hydrogens (tertiary/aromatic N) is 5. The smallest absolute Gasteiger partial charge is 0.274 e. The van der Waals surface area contributed by atoms with Crippen molar-refractivity contribution in [3.05, 3.63) is 53.9 Å². The predicted molar refractivity (Wildman–Crippen MR) is 119 cm³/mol. The van der Waals surface area contributed by atoms with E-state index >= 15 is 0 Å². The molecule has 3 aromatic heterocycles. The Hall–Kier alpha value is -3.93. The number of aromatic nitrogens is 5. The highest BCUT2D eigenvalue weighted by Gasteiger charge is 2.21. The number of amides is 1. The minimum Gasteiger partial charge on any atom is -0.481 e. The summed E-state index contributed by atoms with van der Waals surface area (Å²) in [6.07, 6.45) is -2.41. The fourth-order valence-corrected chi connectivity index (χ4v) is 2.95. The fraction of sp³-hybridized carbons (Fsp3) is 0.318. The molecule has 180 valence electrons. The quantitative estimate of drug-likeness (QED) is 0.416. The highest BCUT2D eigenvalue weighted by Crippen LogP contribution is 2.25. The molecule has 12 heteroatoms. The lowest BCUT2D eigenvalue weighted by Gasteiger charge is -2.09. The van der Waals surface area contributed by atoms with Crippen molar-refractivity contribution in [3.8, 4) is 17.3 Å². The van der Waals surface area contributed by atoms with Crippen molar-refractivity contribution in [3.63, 3.8) is 0 Å². The van der Waals surface area contributed by atoms with Crippen molar-refractivity contribution < 1.29 is 27.9 Å². The van der Waals surface area contributed by atoms with Crippen molar-refractivity contribution in [2.75, 3.05) is 12.4 Å². The number of aryl methyl sites for hydroxylation is 1. The first-order valence-corrected chi connectivity index (χ1v) is 10.4. The standard InChI is InChI=1S/C20H18F2N6O4.C2H6/c1-10-3-4-11(19-26-17(32-27-19)6-14(29)18(21)22)5-12(10)25-20(30)13-8-23-15-7-16(31-2)24-9-28(13)15;1-2/h3-5,7-9,14,18,29H,6H2,1-2H3,(H,25,30);1-2H3. The van der Waals surface area contributed by atoms with Gasteiger partial charge >= 0.3 is 0 Å². The van der Waals surface area contributed by atoms with E-state index in [-0.39, 0.29) is 17.4 Å². The molecule has 0 spiro atoms. The fourth-order valence-electron chi connectivity index (χ4n) is 2.95. The zero-order valence-corrected chi connectivity index (χ0v) is 19.0. The molecular formula is C22H24F2N6O4. The van der Waals surface area contributed by atoms with Crippen molar-refractivity contribution in [2.24, 2.45) is 0 Å². The van der Waals surface area contributed by atoms with Crippen molar-refractivity contribution in [1.82, 2.24) is 24.5 Å². The number of anilines is 1. The molecule has 10 nitrogen and oxygen atoms in total. The van der Waals surface area contributed by atoms with Gasteiger partial charge < -0.3 is 19.7 Å². The number of carbonyl (C=O) groups is 1. The molecule has 1 atom stereocenters. The van der Waals surface area contributed by atoms with Gasteiger partial charge in [-0.1, -0.05) is 31.1 Å². The number of hydrogen-bond acceptors (Lipinski definition) is 8. The zero-order chi connectivity index (χ0) is 24.8. The van der Waals surface area contributed by atoms with Crippen molar-refractivity contribution in [2.45, 2.75) is 39.7 Å². The molecule has 0 saturated heterocycles. The zero-order valence-electron chi connectivity index (χ0n) is 19.0. The molecule has 1 aromatic carbocycles. The summed E-state index contributed by atoms with van der Waals surface area (Å²) in [6, 6.07) is 6.68. The van der Waals surface area contributed by atoms with Crippen molar-refractivity contribution >= 4 is 17.2 Å². The van der Waals surface area contributed by atoms with E-state index in [2.05, 4.69) is 25.4 Å². The van der Waals surface area contributed by atoms with Crippen LogP contribution >= 0.6 is 0 Å². The number of benzene rings is 1. The minimum absolute atomic E-state index is 0.118. The molecule has 3 heterocycles. The van der Waals surface area contributed by atoms with E-state index in [9.17, 15) is 18.7 Å². The number of rotatable bonds is 7. The highest BCUT2D eigenvalue weighted by atomic mass is 19.3. The van der Waals surface area contributed by atoms with E-state index in [1.165, 1.54) is 24.0 Å². The maximum atomic E-state index is 12.9. The predicted octanol–water partition coefficient (Wildman–Crippen LogP) is 3.54. The van der Waals surface area contributed by atoms with Crippen LogP contribution in [0, 0.1) is 6.92 Å². The molecule has 4 aromatic rings. The molecule has 34 heavy (non-hydrogen) atoms. The Bertz CT molecular complexity index is 1270. The van der Waals surface area contributed by atoms with E-state index in [4.69, 9.17) is 9.26 Å². The third-order valence-electron chi connectivity index (χ3n) is 4.71. The van der Waals surface area contributed by atoms with Gasteiger partial charge in [0.1, 0.15) is 23.8 Å². The van der Waals surface area contributed by atoms with E-state index < -0.39 is 24.9 Å². The second kappa shape index (κ2) is 10.8. The molecule has 1 unspecified atom stereocenters. The summed E-state index contributed by atoms with van der Waals surface area (Å²) in [5, 5.41) is 15.9. The third kappa shape index (κ3) is 5.34. The Morgan fingerprint density at radius 3 is 2.74 bits per heavy atom. The van der Waals surface area contributed by atoms with Crippen LogP contribution in [0.2, 0.25) is 0 Å². The van der Waals surface area contributed by atoms with Gasteiger partial charge in [-0.3, -0.25) is 9.20 Å². The molecule has 4 rings (SSSR count). The molecule has 0 aliphatic rings. The third-order valence-corrected chi connectivity index (χ3v) is 4.71. The summed E-state index contributed by atoms with van der Waals surface area (Å²) in [7, 11) is 1.48. The lowest BCUT2D eigenvalue weighted by Crippen LogP contribution is -2.20. The summed E-state index contributed by atoms with van der Waals surface area (Å²) in [5.74, 6) is -0.0200. The summed E-state index contributed by atoms with van der Waals surface area (Å²) >= 11 is 0. The van der Waals surface area contributed by atoms with E-state index in [1.54, 1.807) is 31.2 Å². The molecule has 0 radical (unpaired) electrons. The number of ether oxygens (including phenoxy) is 1. The van der Waals surface area contributed by atoms with Crippen LogP contribution in [0.3, 0.4) is 0 Å². The summed E-state index contributed by atoms with van der Waals surface area (Å²) in [6.45, 7) is 5.81. The largest absolute Gasteiger partial charge is 0.481 e. The first-order chi connectivity index (χ1) is 16.4. The van der Waals surface area contributed by atoms with Crippen molar-refractivity contribution in [1.29, 1.82) is 0 Å². The molecule has 2 N–H and O–H groups in total. The Morgan fingerprint density at radius 1 is 1.26 bits per heavy atom. The van der Waals surface area contributed by atoms with Crippen LogP contribution in [0.25, 0.3) is 17.0 Å². The summed E-state index contributed by atoms with van der Waals surface area (Å²) in [4.78, 5) is 25.2. The summed E-state index contributed by atoms with van der Waals surface area (Å²) in [5.41, 5.74) is 2.52. The van der Waals surface area contributed by atoms with E-state index in [0.717, 1.165) is 5.56 Å². The normalized spacial score (nSPS) is 11.8. The molecule has 0 fully saturated rings. The molecule has 0 saturated carbocycles. The number of halogens is 2. The molecular weight excluding hydrogens is 450 g/mol. The molecule has 0 aliphatic carbocycles. The van der Waals surface area contributed by atoms with Gasteiger partial charge in [0.2, 0.25) is 17.6 Å². The van der Waals surface area contributed by atoms with Crippen LogP contribution in [-0.2, 0) is 6.42 Å². The lowest BCUT2D eigenvalue weighted by atomic mass is 10.1. The highest BCUT2D eigenvalue weighted by molar-refractivity contribution is 6.04. The SMILES string of the molecule is CC.COc1cc2ncc(C(=O)Nc3cc(-c4noc(CC(O)C(F)F)n4)ccc3C)n2cn1. The van der Waals surface area contributed by atoms with Crippen LogP contribution in [0.1, 0.15) is 35.8 Å². The number of aliphatic hydroxyl groups excluding tert-OH is 1. The average molecular weight is 474 g/mol. The van der Waals surface area contributed by atoms with Gasteiger partial charge in [-0.05, 0) is 18.6 Å². The van der Waals surface area contributed by atoms with Gasteiger partial charge in [0.25, 0.3) is 12.3 Å². The van der Waals surface area contributed by atoms with Gasteiger partial charge in [-0.2, -0.15) is 4.98 Å². The van der Waals surface area contributed by atoms with Crippen LogP contribution in [-0.4, -0.2) is 55.2 Å². The number of nitrogens with one attached hydrogen (secondary N) is 1. The van der Waals surface area contributed by atoms with Gasteiger partial charge in [-0.15, -0.1) is 0 Å². The number of hydrogen-bond donors (Lipinski definition) is 2. The van der Waals surface area contributed by atoms with Gasteiger partial charge in [-0.25, -0.2) is 18.7 Å². The Kier molecular flexibility index (Phi) is 7.84. The van der Waals surface area contributed by atoms with Crippen LogP contribution in [0.15, 0.2) is 41.3 Å². The number of carbonyl (C=O) groups excluding carboxylic acids is 1. The molecule has 1 amide bonds. The topological polar surface area (TPSA) is 128 Å². The van der Waals surface area contributed by atoms with Crippen LogP contribution < -0.4 is 10.1 Å². The maximum Gasteiger partial charge on any atom is 0.274 e.